The molecule has 18 heavy (non-hydrogen) atoms. The molecular formula is C14H28N2O2. The van der Waals surface area contributed by atoms with Crippen molar-refractivity contribution in [3.05, 3.63) is 0 Å². The molecular weight excluding hydrogens is 228 g/mol. The van der Waals surface area contributed by atoms with E-state index in [1.165, 1.54) is 32.8 Å². The molecule has 1 rings (SSSR count). The van der Waals surface area contributed by atoms with Crippen molar-refractivity contribution in [3.63, 3.8) is 0 Å². The Balaban J connectivity index is 2.29. The zero-order valence-electron chi connectivity index (χ0n) is 12.1. The highest BCUT2D eigenvalue weighted by atomic mass is 16.5. The summed E-state index contributed by atoms with van der Waals surface area (Å²) in [7, 11) is 1.39. The van der Waals surface area contributed by atoms with E-state index >= 15 is 0 Å². The van der Waals surface area contributed by atoms with Crippen molar-refractivity contribution in [2.45, 2.75) is 52.0 Å². The van der Waals surface area contributed by atoms with E-state index in [4.69, 9.17) is 5.73 Å². The molecule has 1 atom stereocenters. The predicted molar refractivity (Wildman–Crippen MR) is 73.3 cm³/mol. The minimum absolute atomic E-state index is 0.302. The number of hydrogen-bond donors (Lipinski definition) is 1. The van der Waals surface area contributed by atoms with Gasteiger partial charge in [-0.05, 0) is 37.8 Å². The van der Waals surface area contributed by atoms with Crippen LogP contribution in [0.4, 0.5) is 0 Å². The molecule has 4 nitrogen and oxygen atoms in total. The van der Waals surface area contributed by atoms with Gasteiger partial charge in [0.15, 0.2) is 0 Å². The molecule has 2 N–H and O–H groups in total. The number of likely N-dealkylation sites (tertiary alicyclic amines) is 1. The zero-order valence-corrected chi connectivity index (χ0v) is 12.1. The van der Waals surface area contributed by atoms with Crippen LogP contribution in [0.5, 0.6) is 0 Å². The van der Waals surface area contributed by atoms with Crippen LogP contribution in [0.1, 0.15) is 46.0 Å². The molecule has 106 valence electrons. The van der Waals surface area contributed by atoms with Crippen molar-refractivity contribution < 1.29 is 9.53 Å². The van der Waals surface area contributed by atoms with Gasteiger partial charge in [-0.3, -0.25) is 4.79 Å². The lowest BCUT2D eigenvalue weighted by molar-refractivity contribution is -0.142. The molecule has 0 aromatic heterocycles. The van der Waals surface area contributed by atoms with Gasteiger partial charge < -0.3 is 15.4 Å². The molecule has 0 spiro atoms. The number of methoxy groups -OCH3 is 1. The fraction of sp³-hybridized carbons (Fsp3) is 0.929. The lowest BCUT2D eigenvalue weighted by Gasteiger charge is -2.41. The quantitative estimate of drug-likeness (QED) is 0.736. The third kappa shape index (κ3) is 3.95. The standard InChI is InChI=1S/C14H28N2O2/c1-4-14(5-2)7-10-16(11-8-14)9-6-12(15)13(17)18-3/h12H,4-11,15H2,1-3H3. The van der Waals surface area contributed by atoms with Gasteiger partial charge in [-0.1, -0.05) is 26.7 Å². The smallest absolute Gasteiger partial charge is 0.322 e. The molecule has 1 aliphatic heterocycles. The van der Waals surface area contributed by atoms with Crippen LogP contribution >= 0.6 is 0 Å². The summed E-state index contributed by atoms with van der Waals surface area (Å²) in [6, 6.07) is -0.473. The van der Waals surface area contributed by atoms with Gasteiger partial charge in [0.1, 0.15) is 6.04 Å². The van der Waals surface area contributed by atoms with Crippen LogP contribution in [0, 0.1) is 5.41 Å². The Labute approximate surface area is 111 Å². The van der Waals surface area contributed by atoms with Crippen molar-refractivity contribution in [2.75, 3.05) is 26.7 Å². The van der Waals surface area contributed by atoms with Gasteiger partial charge in [0.05, 0.1) is 7.11 Å². The SMILES string of the molecule is CCC1(CC)CCN(CCC(N)C(=O)OC)CC1. The molecule has 0 bridgehead atoms. The minimum Gasteiger partial charge on any atom is -0.468 e. The van der Waals surface area contributed by atoms with Gasteiger partial charge in [0, 0.05) is 6.54 Å². The molecule has 1 aliphatic rings. The molecule has 0 saturated carbocycles. The maximum atomic E-state index is 11.2. The summed E-state index contributed by atoms with van der Waals surface area (Å²) in [4.78, 5) is 13.6. The van der Waals surface area contributed by atoms with E-state index in [9.17, 15) is 4.79 Å². The first-order valence-corrected chi connectivity index (χ1v) is 7.12. The second kappa shape index (κ2) is 7.10. The van der Waals surface area contributed by atoms with Crippen molar-refractivity contribution in [2.24, 2.45) is 11.1 Å². The number of piperidine rings is 1. The van der Waals surface area contributed by atoms with Gasteiger partial charge in [-0.2, -0.15) is 0 Å². The van der Waals surface area contributed by atoms with Gasteiger partial charge in [0.2, 0.25) is 0 Å². The first kappa shape index (κ1) is 15.4. The second-order valence-electron chi connectivity index (χ2n) is 5.47. The van der Waals surface area contributed by atoms with Crippen LogP contribution in [0.25, 0.3) is 0 Å². The number of rotatable bonds is 6. The normalized spacial score (nSPS) is 21.6. The van der Waals surface area contributed by atoms with E-state index < -0.39 is 6.04 Å². The van der Waals surface area contributed by atoms with Gasteiger partial charge in [0.25, 0.3) is 0 Å². The molecule has 0 aromatic carbocycles. The van der Waals surface area contributed by atoms with Crippen LogP contribution in [-0.2, 0) is 9.53 Å². The fourth-order valence-corrected chi connectivity index (χ4v) is 2.80. The Morgan fingerprint density at radius 1 is 1.33 bits per heavy atom. The topological polar surface area (TPSA) is 55.6 Å². The van der Waals surface area contributed by atoms with E-state index in [2.05, 4.69) is 23.5 Å². The van der Waals surface area contributed by atoms with Crippen molar-refractivity contribution in [3.8, 4) is 0 Å². The Hall–Kier alpha value is -0.610. The van der Waals surface area contributed by atoms with Gasteiger partial charge in [-0.15, -0.1) is 0 Å². The highest BCUT2D eigenvalue weighted by Crippen LogP contribution is 2.37. The first-order chi connectivity index (χ1) is 8.56. The van der Waals surface area contributed by atoms with Crippen LogP contribution in [-0.4, -0.2) is 43.7 Å². The Morgan fingerprint density at radius 3 is 2.33 bits per heavy atom. The number of nitrogens with zero attached hydrogens (tertiary/aromatic N) is 1. The number of esters is 1. The summed E-state index contributed by atoms with van der Waals surface area (Å²) < 4.78 is 4.64. The Kier molecular flexibility index (Phi) is 6.09. The van der Waals surface area contributed by atoms with Crippen LogP contribution in [0.15, 0.2) is 0 Å². The van der Waals surface area contributed by atoms with E-state index in [1.807, 2.05) is 0 Å². The highest BCUT2D eigenvalue weighted by molar-refractivity contribution is 5.75. The maximum absolute atomic E-state index is 11.2. The van der Waals surface area contributed by atoms with Gasteiger partial charge >= 0.3 is 5.97 Å². The lowest BCUT2D eigenvalue weighted by atomic mass is 9.74. The van der Waals surface area contributed by atoms with Crippen LogP contribution in [0.3, 0.4) is 0 Å². The Morgan fingerprint density at radius 2 is 1.89 bits per heavy atom. The Bertz CT molecular complexity index is 255. The first-order valence-electron chi connectivity index (χ1n) is 7.12. The largest absolute Gasteiger partial charge is 0.468 e. The molecule has 1 unspecified atom stereocenters. The number of hydrogen-bond acceptors (Lipinski definition) is 4. The number of carbonyl (C=O) groups is 1. The monoisotopic (exact) mass is 256 g/mol. The summed E-state index contributed by atoms with van der Waals surface area (Å²) in [6.45, 7) is 7.77. The molecule has 4 heteroatoms. The second-order valence-corrected chi connectivity index (χ2v) is 5.47. The minimum atomic E-state index is -0.473. The van der Waals surface area contributed by atoms with Crippen molar-refractivity contribution in [1.82, 2.24) is 4.90 Å². The van der Waals surface area contributed by atoms with E-state index in [1.54, 1.807) is 0 Å². The van der Waals surface area contributed by atoms with Crippen molar-refractivity contribution >= 4 is 5.97 Å². The van der Waals surface area contributed by atoms with Crippen molar-refractivity contribution in [1.29, 1.82) is 0 Å². The molecule has 0 aliphatic carbocycles. The van der Waals surface area contributed by atoms with Gasteiger partial charge in [-0.25, -0.2) is 0 Å². The number of carbonyl (C=O) groups excluding carboxylic acids is 1. The van der Waals surface area contributed by atoms with E-state index in [0.29, 0.717) is 11.8 Å². The third-order valence-electron chi connectivity index (χ3n) is 4.68. The lowest BCUT2D eigenvalue weighted by Crippen LogP contribution is -2.42. The summed E-state index contributed by atoms with van der Waals surface area (Å²) in [5, 5.41) is 0. The average Bonchev–Trinajstić information content (AvgIpc) is 2.44. The van der Waals surface area contributed by atoms with E-state index in [0.717, 1.165) is 19.6 Å². The van der Waals surface area contributed by atoms with E-state index in [-0.39, 0.29) is 5.97 Å². The number of ether oxygens (including phenoxy) is 1. The predicted octanol–water partition coefficient (Wildman–Crippen LogP) is 1.78. The molecule has 0 aromatic rings. The molecule has 1 heterocycles. The molecule has 0 radical (unpaired) electrons. The summed E-state index contributed by atoms with van der Waals surface area (Å²) in [6.07, 6.45) is 5.79. The summed E-state index contributed by atoms with van der Waals surface area (Å²) in [5.74, 6) is -0.302. The third-order valence-corrected chi connectivity index (χ3v) is 4.68. The van der Waals surface area contributed by atoms with Crippen LogP contribution < -0.4 is 5.73 Å². The van der Waals surface area contributed by atoms with Crippen LogP contribution in [0.2, 0.25) is 0 Å². The number of nitrogens with two attached hydrogens (primary N) is 1. The molecule has 1 fully saturated rings. The summed E-state index contributed by atoms with van der Waals surface area (Å²) in [5.41, 5.74) is 6.31. The maximum Gasteiger partial charge on any atom is 0.322 e. The highest BCUT2D eigenvalue weighted by Gasteiger charge is 2.31. The zero-order chi connectivity index (χ0) is 13.6. The summed E-state index contributed by atoms with van der Waals surface area (Å²) >= 11 is 0. The fourth-order valence-electron chi connectivity index (χ4n) is 2.80. The molecule has 0 amide bonds. The molecule has 1 saturated heterocycles. The average molecular weight is 256 g/mol.